The molecule has 366 valence electrons. The minimum atomic E-state index is -5.45. The van der Waals surface area contributed by atoms with Crippen LogP contribution in [0.5, 0.6) is 5.75 Å². The number of hydrogen-bond acceptors (Lipinski definition) is 16. The van der Waals surface area contributed by atoms with Gasteiger partial charge in [-0.3, -0.25) is 43.1 Å². The molecule has 2 unspecified atom stereocenters. The van der Waals surface area contributed by atoms with Gasteiger partial charge in [-0.2, -0.15) is 0 Å². The minimum Gasteiger partial charge on any atom is -0.431 e. The number of ketones is 2. The van der Waals surface area contributed by atoms with Gasteiger partial charge in [0.1, 0.15) is 42.9 Å². The quantitative estimate of drug-likeness (QED) is 0.0490. The Morgan fingerprint density at radius 1 is 1.10 bits per heavy atom. The molecule has 4 N–H and O–H groups in total. The van der Waals surface area contributed by atoms with Crippen LogP contribution in [-0.2, 0) is 37.1 Å². The standard InChI is InChI=1S/C44H57FN3O17PSi/c1-24-19-30-29-14-9-25-20-27(49)15-17-41(25,5)43(29,45)32(50)21-42(30,6)44(24,55)33(51)23-61-66(58,59)64-35-31(22-60-39(54)62-28-12-10-26(11-13-28)48(56)57)63-37(47-18-16-34(52)46-38(47)53)36(35)65-67(7,8)40(2,3)4/h10-13,15-18,20,24,29-32,35-37,50,55H,9,14,19,21-23H2,1-8H3,(H,58,59)(H,46,52,53)/t24-,29+,30+,31-,32+,35+,36?,37-,41+,42+,43+,44+/m1/s1. The first kappa shape index (κ1) is 50.4. The lowest BCUT2D eigenvalue weighted by Crippen LogP contribution is -2.69. The largest absolute Gasteiger partial charge is 0.513 e. The number of phosphoric ester groups is 1. The second kappa shape index (κ2) is 17.5. The number of benzene rings is 1. The number of allylic oxidation sites excluding steroid dienone is 4. The number of phosphoric acid groups is 1. The summed E-state index contributed by atoms with van der Waals surface area (Å²) in [6.07, 6.45) is -3.57. The van der Waals surface area contributed by atoms with Gasteiger partial charge in [0.25, 0.3) is 11.2 Å². The van der Waals surface area contributed by atoms with Crippen LogP contribution in [0, 0.1) is 38.7 Å². The van der Waals surface area contributed by atoms with Crippen molar-refractivity contribution in [3.63, 3.8) is 0 Å². The van der Waals surface area contributed by atoms with Crippen LogP contribution in [0.3, 0.4) is 0 Å². The molecule has 23 heteroatoms. The molecule has 7 rings (SSSR count). The van der Waals surface area contributed by atoms with Crippen molar-refractivity contribution in [2.75, 3.05) is 13.2 Å². The molecule has 4 aliphatic carbocycles. The topological polar surface area (TPSA) is 282 Å². The van der Waals surface area contributed by atoms with Crippen LogP contribution in [0.4, 0.5) is 14.9 Å². The number of carbonyl (C=O) groups is 3. The van der Waals surface area contributed by atoms with Crippen LogP contribution in [0.25, 0.3) is 0 Å². The van der Waals surface area contributed by atoms with Crippen molar-refractivity contribution in [1.82, 2.24) is 9.55 Å². The Morgan fingerprint density at radius 2 is 1.78 bits per heavy atom. The zero-order chi connectivity index (χ0) is 49.4. The zero-order valence-corrected chi connectivity index (χ0v) is 40.2. The van der Waals surface area contributed by atoms with E-state index in [1.165, 1.54) is 18.2 Å². The number of aromatic nitrogens is 2. The number of hydrogen-bond donors (Lipinski definition) is 4. The number of nitro groups is 1. The van der Waals surface area contributed by atoms with E-state index in [1.54, 1.807) is 20.8 Å². The summed E-state index contributed by atoms with van der Waals surface area (Å²) in [5.41, 5.74) is -8.72. The lowest BCUT2D eigenvalue weighted by atomic mass is 9.44. The molecular weight excluding hydrogens is 921 g/mol. The predicted octanol–water partition coefficient (Wildman–Crippen LogP) is 5.37. The second-order valence-electron chi connectivity index (χ2n) is 20.2. The summed E-state index contributed by atoms with van der Waals surface area (Å²) < 4.78 is 67.3. The van der Waals surface area contributed by atoms with Gasteiger partial charge >= 0.3 is 19.7 Å². The maximum atomic E-state index is 17.7. The van der Waals surface area contributed by atoms with Crippen molar-refractivity contribution in [3.8, 4) is 5.75 Å². The molecule has 2 heterocycles. The fraction of sp³-hybridized carbons (Fsp3) is 0.614. The van der Waals surface area contributed by atoms with E-state index < -0.39 is 133 Å². The number of fused-ring (bicyclic) bond motifs is 5. The van der Waals surface area contributed by atoms with Crippen LogP contribution >= 0.6 is 7.82 Å². The van der Waals surface area contributed by atoms with Crippen molar-refractivity contribution in [3.05, 3.63) is 91.3 Å². The fourth-order valence-electron chi connectivity index (χ4n) is 11.0. The Labute approximate surface area is 385 Å². The molecular formula is C44H57FN3O17PSi. The second-order valence-corrected chi connectivity index (χ2v) is 26.4. The van der Waals surface area contributed by atoms with Gasteiger partial charge in [0.05, 0.1) is 11.0 Å². The fourth-order valence-corrected chi connectivity index (χ4v) is 13.1. The highest BCUT2D eigenvalue weighted by molar-refractivity contribution is 7.47. The lowest BCUT2D eigenvalue weighted by molar-refractivity contribution is -0.384. The van der Waals surface area contributed by atoms with Gasteiger partial charge in [0, 0.05) is 41.1 Å². The van der Waals surface area contributed by atoms with E-state index in [4.69, 9.17) is 27.7 Å². The first-order valence-electron chi connectivity index (χ1n) is 22.0. The Balaban J connectivity index is 1.15. The van der Waals surface area contributed by atoms with Crippen molar-refractivity contribution in [2.24, 2.45) is 28.6 Å². The number of non-ortho nitro benzene ring substituents is 1. The molecule has 2 aromatic rings. The van der Waals surface area contributed by atoms with Gasteiger partial charge in [0.2, 0.25) is 0 Å². The summed E-state index contributed by atoms with van der Waals surface area (Å²) in [7, 11) is -8.42. The van der Waals surface area contributed by atoms with E-state index in [1.807, 2.05) is 33.9 Å². The number of H-pyrrole nitrogens is 1. The first-order valence-corrected chi connectivity index (χ1v) is 26.4. The predicted molar refractivity (Wildman–Crippen MR) is 236 cm³/mol. The number of nitrogens with one attached hydrogen (secondary N) is 1. The van der Waals surface area contributed by atoms with E-state index in [0.29, 0.717) is 12.0 Å². The van der Waals surface area contributed by atoms with Crippen molar-refractivity contribution >= 4 is 39.5 Å². The molecule has 1 aromatic carbocycles. The number of aromatic amines is 1. The Hall–Kier alpha value is -4.51. The van der Waals surface area contributed by atoms with E-state index in [-0.39, 0.29) is 36.5 Å². The highest BCUT2D eigenvalue weighted by atomic mass is 31.2. The third-order valence-corrected chi connectivity index (χ3v) is 21.0. The smallest absolute Gasteiger partial charge is 0.431 e. The summed E-state index contributed by atoms with van der Waals surface area (Å²) in [5.74, 6) is -3.76. The summed E-state index contributed by atoms with van der Waals surface area (Å²) in [6.45, 7) is 12.2. The molecule has 13 atom stereocenters. The number of rotatable bonds is 13. The van der Waals surface area contributed by atoms with E-state index in [9.17, 15) is 53.8 Å². The van der Waals surface area contributed by atoms with Crippen LogP contribution in [-0.4, -0.2) is 105 Å². The van der Waals surface area contributed by atoms with Crippen molar-refractivity contribution in [1.29, 1.82) is 0 Å². The SMILES string of the molecule is C[C@@H]1C[C@H]2[C@@H]3CCC4=CC(=O)C=C[C@]4(C)[C@@]3(F)[C@@H](O)C[C@]2(C)[C@@]1(O)C(=O)COP(=O)(O)O[C@@H]1C(O[Si](C)(C)C(C)(C)C)[C@H](n2ccc(=O)[nH]c2=O)O[C@@H]1COC(=O)Oc1ccc([N+](=O)[O-])cc1. The molecule has 0 radical (unpaired) electrons. The van der Waals surface area contributed by atoms with Crippen LogP contribution in [0.15, 0.2) is 69.9 Å². The summed E-state index contributed by atoms with van der Waals surface area (Å²) in [5, 5.41) is 34.8. The maximum absolute atomic E-state index is 17.7. The van der Waals surface area contributed by atoms with Crippen molar-refractivity contribution < 1.29 is 71.1 Å². The summed E-state index contributed by atoms with van der Waals surface area (Å²) in [4.78, 5) is 88.9. The number of ether oxygens (including phenoxy) is 3. The average molecular weight is 978 g/mol. The highest BCUT2D eigenvalue weighted by Crippen LogP contribution is 2.71. The first-order chi connectivity index (χ1) is 31.0. The van der Waals surface area contributed by atoms with Gasteiger partial charge < -0.3 is 33.7 Å². The Morgan fingerprint density at radius 3 is 2.40 bits per heavy atom. The number of halogens is 1. The molecule has 1 aromatic heterocycles. The molecule has 1 saturated heterocycles. The minimum absolute atomic E-state index is 0.131. The normalized spacial score (nSPS) is 35.7. The van der Waals surface area contributed by atoms with Gasteiger partial charge in [-0.15, -0.1) is 0 Å². The van der Waals surface area contributed by atoms with Gasteiger partial charge in [-0.25, -0.2) is 18.5 Å². The highest BCUT2D eigenvalue weighted by Gasteiger charge is 2.75. The van der Waals surface area contributed by atoms with Crippen molar-refractivity contribution in [2.45, 2.75) is 127 Å². The number of alkyl halides is 1. The van der Waals surface area contributed by atoms with Gasteiger partial charge in [0.15, 0.2) is 31.8 Å². The number of carbonyl (C=O) groups excluding carboxylic acids is 3. The molecule has 0 spiro atoms. The summed E-state index contributed by atoms with van der Waals surface area (Å²) >= 11 is 0. The van der Waals surface area contributed by atoms with E-state index >= 15 is 4.39 Å². The number of nitrogens with zero attached hydrogens (tertiary/aromatic N) is 2. The number of aliphatic hydroxyl groups is 2. The van der Waals surface area contributed by atoms with E-state index in [2.05, 4.69) is 4.98 Å². The lowest BCUT2D eigenvalue weighted by Gasteiger charge is -2.62. The van der Waals surface area contributed by atoms with Crippen LogP contribution < -0.4 is 16.0 Å². The third-order valence-electron chi connectivity index (χ3n) is 15.5. The molecule has 5 aliphatic rings. The number of aliphatic hydroxyl groups excluding tert-OH is 1. The number of nitro benzene ring substituents is 1. The van der Waals surface area contributed by atoms with Gasteiger partial charge in [-0.05, 0) is 86.9 Å². The monoisotopic (exact) mass is 977 g/mol. The molecule has 67 heavy (non-hydrogen) atoms. The molecule has 0 bridgehead atoms. The molecule has 4 fully saturated rings. The third kappa shape index (κ3) is 8.66. The van der Waals surface area contributed by atoms with E-state index in [0.717, 1.165) is 41.1 Å². The molecule has 0 amide bonds. The zero-order valence-electron chi connectivity index (χ0n) is 38.3. The van der Waals surface area contributed by atoms with Gasteiger partial charge in [-0.1, -0.05) is 46.3 Å². The average Bonchev–Trinajstić information content (AvgIpc) is 3.65. The Kier molecular flexibility index (Phi) is 13.1. The summed E-state index contributed by atoms with van der Waals surface area (Å²) in [6, 6.07) is 5.50. The molecule has 20 nitrogen and oxygen atoms in total. The Bertz CT molecular complexity index is 2560. The van der Waals surface area contributed by atoms with Crippen LogP contribution in [0.1, 0.15) is 73.5 Å². The molecule has 3 saturated carbocycles. The number of Topliss-reactive ketones (excluding diaryl/α,β-unsaturated/α-hetero) is 1. The van der Waals surface area contributed by atoms with Crippen LogP contribution in [0.2, 0.25) is 18.1 Å². The maximum Gasteiger partial charge on any atom is 0.513 e. The molecule has 1 aliphatic heterocycles.